The number of hydrogen-bond donors (Lipinski definition) is 0. The summed E-state index contributed by atoms with van der Waals surface area (Å²) < 4.78 is 8.44. The quantitative estimate of drug-likeness (QED) is 0.464. The number of para-hydroxylation sites is 2. The zero-order valence-corrected chi connectivity index (χ0v) is 18.0. The van der Waals surface area contributed by atoms with Gasteiger partial charge in [-0.15, -0.1) is 0 Å². The van der Waals surface area contributed by atoms with Gasteiger partial charge in [0.1, 0.15) is 11.6 Å². The van der Waals surface area contributed by atoms with Crippen LogP contribution in [0.5, 0.6) is 5.75 Å². The number of benzene rings is 2. The van der Waals surface area contributed by atoms with Crippen molar-refractivity contribution >= 4 is 11.0 Å². The van der Waals surface area contributed by atoms with Crippen LogP contribution in [0.1, 0.15) is 55.6 Å². The van der Waals surface area contributed by atoms with E-state index in [9.17, 15) is 0 Å². The second-order valence-electron chi connectivity index (χ2n) is 8.41. The molecule has 4 nitrogen and oxygen atoms in total. The number of likely N-dealkylation sites (tertiary alicyclic amines) is 1. The Bertz CT molecular complexity index is 936. The van der Waals surface area contributed by atoms with Gasteiger partial charge in [0, 0.05) is 6.54 Å². The van der Waals surface area contributed by atoms with Gasteiger partial charge in [0.15, 0.2) is 0 Å². The number of hydrogen-bond acceptors (Lipinski definition) is 3. The van der Waals surface area contributed by atoms with Gasteiger partial charge in [-0.3, -0.25) is 4.90 Å². The molecule has 2 aromatic carbocycles. The molecule has 1 saturated heterocycles. The Morgan fingerprint density at radius 3 is 2.48 bits per heavy atom. The molecule has 1 aliphatic rings. The van der Waals surface area contributed by atoms with Gasteiger partial charge >= 0.3 is 0 Å². The molecular formula is C25H33N3O. The van der Waals surface area contributed by atoms with Crippen molar-refractivity contribution in [3.8, 4) is 5.75 Å². The van der Waals surface area contributed by atoms with Crippen molar-refractivity contribution < 1.29 is 4.74 Å². The Balaban J connectivity index is 1.41. The molecule has 4 heteroatoms. The van der Waals surface area contributed by atoms with Crippen LogP contribution in [0.25, 0.3) is 11.0 Å². The zero-order valence-electron chi connectivity index (χ0n) is 18.0. The van der Waals surface area contributed by atoms with Crippen molar-refractivity contribution in [2.45, 2.75) is 59.0 Å². The summed E-state index contributed by atoms with van der Waals surface area (Å²) in [5.74, 6) is 2.20. The summed E-state index contributed by atoms with van der Waals surface area (Å²) in [6.07, 6.45) is 4.74. The van der Waals surface area contributed by atoms with Crippen molar-refractivity contribution in [3.63, 3.8) is 0 Å². The second kappa shape index (κ2) is 9.00. The van der Waals surface area contributed by atoms with Gasteiger partial charge in [-0.1, -0.05) is 18.2 Å². The largest absolute Gasteiger partial charge is 0.494 e. The Labute approximate surface area is 174 Å². The normalized spacial score (nSPS) is 15.8. The van der Waals surface area contributed by atoms with Crippen molar-refractivity contribution in [2.75, 3.05) is 19.7 Å². The lowest BCUT2D eigenvalue weighted by molar-refractivity contribution is 0.247. The standard InChI is InChI=1S/C25H33N3O/c1-19-16-20(2)18-22(17-19)29-15-9-8-14-28-24-11-5-4-10-23(24)26-25(28)21(3)27-12-6-7-13-27/h4-5,10-11,16-18,21H,6-9,12-15H2,1-3H3. The number of rotatable bonds is 8. The molecule has 4 rings (SSSR count). The van der Waals surface area contributed by atoms with Gasteiger partial charge in [-0.2, -0.15) is 0 Å². The number of aromatic nitrogens is 2. The summed E-state index contributed by atoms with van der Waals surface area (Å²) >= 11 is 0. The number of ether oxygens (including phenoxy) is 1. The summed E-state index contributed by atoms with van der Waals surface area (Å²) in [6.45, 7) is 10.7. The molecule has 2 heterocycles. The first kappa shape index (κ1) is 20.0. The maximum Gasteiger partial charge on any atom is 0.127 e. The van der Waals surface area contributed by atoms with E-state index < -0.39 is 0 Å². The highest BCUT2D eigenvalue weighted by Crippen LogP contribution is 2.28. The fourth-order valence-electron chi connectivity index (χ4n) is 4.52. The Morgan fingerprint density at radius 1 is 1.00 bits per heavy atom. The molecule has 1 atom stereocenters. The van der Waals surface area contributed by atoms with E-state index in [-0.39, 0.29) is 0 Å². The van der Waals surface area contributed by atoms with E-state index in [1.165, 1.54) is 48.4 Å². The molecule has 0 radical (unpaired) electrons. The number of imidazole rings is 1. The Hall–Kier alpha value is -2.33. The van der Waals surface area contributed by atoms with E-state index in [2.05, 4.69) is 72.7 Å². The minimum Gasteiger partial charge on any atom is -0.494 e. The fourth-order valence-corrected chi connectivity index (χ4v) is 4.52. The van der Waals surface area contributed by atoms with Crippen molar-refractivity contribution in [1.29, 1.82) is 0 Å². The first-order chi connectivity index (χ1) is 14.1. The number of aryl methyl sites for hydroxylation is 3. The Kier molecular flexibility index (Phi) is 6.19. The molecule has 1 unspecified atom stereocenters. The lowest BCUT2D eigenvalue weighted by atomic mass is 10.1. The van der Waals surface area contributed by atoms with Crippen LogP contribution < -0.4 is 4.74 Å². The topological polar surface area (TPSA) is 30.3 Å². The molecule has 0 aliphatic carbocycles. The summed E-state index contributed by atoms with van der Waals surface area (Å²) in [7, 11) is 0. The molecule has 0 amide bonds. The molecule has 0 bridgehead atoms. The van der Waals surface area contributed by atoms with Crippen molar-refractivity contribution in [3.05, 3.63) is 59.4 Å². The summed E-state index contributed by atoms with van der Waals surface area (Å²) in [4.78, 5) is 7.58. The first-order valence-electron chi connectivity index (χ1n) is 11.0. The van der Waals surface area contributed by atoms with E-state index in [4.69, 9.17) is 9.72 Å². The SMILES string of the molecule is Cc1cc(C)cc(OCCCCn2c(C(C)N3CCCC3)nc3ccccc32)c1. The van der Waals surface area contributed by atoms with E-state index in [1.807, 2.05) is 0 Å². The van der Waals surface area contributed by atoms with E-state index in [1.54, 1.807) is 0 Å². The minimum absolute atomic E-state index is 0.372. The smallest absolute Gasteiger partial charge is 0.127 e. The lowest BCUT2D eigenvalue weighted by Crippen LogP contribution is -2.26. The van der Waals surface area contributed by atoms with Gasteiger partial charge in [-0.25, -0.2) is 4.98 Å². The molecule has 0 spiro atoms. The van der Waals surface area contributed by atoms with Crippen LogP contribution in [-0.4, -0.2) is 34.1 Å². The molecule has 1 fully saturated rings. The van der Waals surface area contributed by atoms with Crippen LogP contribution in [-0.2, 0) is 6.54 Å². The summed E-state index contributed by atoms with van der Waals surface area (Å²) in [5, 5.41) is 0. The molecule has 3 aromatic rings. The summed E-state index contributed by atoms with van der Waals surface area (Å²) in [6, 6.07) is 15.3. The highest BCUT2D eigenvalue weighted by atomic mass is 16.5. The second-order valence-corrected chi connectivity index (χ2v) is 8.41. The van der Waals surface area contributed by atoms with E-state index in [0.29, 0.717) is 6.04 Å². The van der Waals surface area contributed by atoms with Gasteiger partial charge in [-0.05, 0) is 94.9 Å². The van der Waals surface area contributed by atoms with Crippen molar-refractivity contribution in [2.24, 2.45) is 0 Å². The van der Waals surface area contributed by atoms with Crippen LogP contribution in [0.4, 0.5) is 0 Å². The minimum atomic E-state index is 0.372. The third-order valence-corrected chi connectivity index (χ3v) is 5.99. The van der Waals surface area contributed by atoms with E-state index >= 15 is 0 Å². The highest BCUT2D eigenvalue weighted by molar-refractivity contribution is 5.76. The average Bonchev–Trinajstić information content (AvgIpc) is 3.35. The molecule has 29 heavy (non-hydrogen) atoms. The van der Waals surface area contributed by atoms with Gasteiger partial charge in [0.25, 0.3) is 0 Å². The molecule has 1 aliphatic heterocycles. The average molecular weight is 392 g/mol. The fraction of sp³-hybridized carbons (Fsp3) is 0.480. The molecule has 1 aromatic heterocycles. The number of unbranched alkanes of at least 4 members (excludes halogenated alkanes) is 1. The number of fused-ring (bicyclic) bond motifs is 1. The number of nitrogens with zero attached hydrogens (tertiary/aromatic N) is 3. The maximum atomic E-state index is 6.00. The van der Waals surface area contributed by atoms with Gasteiger partial charge < -0.3 is 9.30 Å². The first-order valence-corrected chi connectivity index (χ1v) is 11.0. The van der Waals surface area contributed by atoms with Crippen LogP contribution in [0.3, 0.4) is 0 Å². The summed E-state index contributed by atoms with van der Waals surface area (Å²) in [5.41, 5.74) is 4.87. The zero-order chi connectivity index (χ0) is 20.2. The predicted octanol–water partition coefficient (Wildman–Crippen LogP) is 5.67. The molecule has 0 N–H and O–H groups in total. The van der Waals surface area contributed by atoms with Crippen LogP contribution in [0.2, 0.25) is 0 Å². The van der Waals surface area contributed by atoms with Gasteiger partial charge in [0.05, 0.1) is 23.7 Å². The van der Waals surface area contributed by atoms with Crippen LogP contribution in [0.15, 0.2) is 42.5 Å². The molecule has 0 saturated carbocycles. The molecule has 154 valence electrons. The highest BCUT2D eigenvalue weighted by Gasteiger charge is 2.24. The monoisotopic (exact) mass is 391 g/mol. The predicted molar refractivity (Wildman–Crippen MR) is 120 cm³/mol. The van der Waals surface area contributed by atoms with Crippen LogP contribution in [0, 0.1) is 13.8 Å². The lowest BCUT2D eigenvalue weighted by Gasteiger charge is -2.24. The third kappa shape index (κ3) is 4.64. The third-order valence-electron chi connectivity index (χ3n) is 5.99. The van der Waals surface area contributed by atoms with Gasteiger partial charge in [0.2, 0.25) is 0 Å². The maximum absolute atomic E-state index is 6.00. The van der Waals surface area contributed by atoms with E-state index in [0.717, 1.165) is 37.3 Å². The van der Waals surface area contributed by atoms with Crippen molar-refractivity contribution in [1.82, 2.24) is 14.5 Å². The molecular weight excluding hydrogens is 358 g/mol. The Morgan fingerprint density at radius 2 is 1.72 bits per heavy atom. The van der Waals surface area contributed by atoms with Crippen LogP contribution >= 0.6 is 0 Å².